The first kappa shape index (κ1) is 21.8. The average molecular weight is 414 g/mol. The van der Waals surface area contributed by atoms with Crippen LogP contribution in [0, 0.1) is 5.92 Å². The van der Waals surface area contributed by atoms with Crippen LogP contribution in [0.4, 0.5) is 4.79 Å². The summed E-state index contributed by atoms with van der Waals surface area (Å²) in [6, 6.07) is 7.91. The summed E-state index contributed by atoms with van der Waals surface area (Å²) in [5.41, 5.74) is 1.47. The van der Waals surface area contributed by atoms with Gasteiger partial charge in [-0.25, -0.2) is 14.5 Å². The molecule has 30 heavy (non-hydrogen) atoms. The molecular weight excluding hydrogens is 382 g/mol. The van der Waals surface area contributed by atoms with Gasteiger partial charge in [-0.2, -0.15) is 5.10 Å². The van der Waals surface area contributed by atoms with Crippen LogP contribution >= 0.6 is 0 Å². The molecule has 1 aliphatic rings. The Bertz CT molecular complexity index is 850. The maximum atomic E-state index is 13.0. The van der Waals surface area contributed by atoms with Gasteiger partial charge >= 0.3 is 6.09 Å². The number of likely N-dealkylation sites (tertiary alicyclic amines) is 1. The van der Waals surface area contributed by atoms with E-state index in [1.165, 1.54) is 6.33 Å². The van der Waals surface area contributed by atoms with E-state index in [0.29, 0.717) is 25.9 Å². The Morgan fingerprint density at radius 2 is 1.80 bits per heavy atom. The molecule has 2 heterocycles. The largest absolute Gasteiger partial charge is 0.444 e. The molecule has 1 aliphatic heterocycles. The van der Waals surface area contributed by atoms with E-state index in [-0.39, 0.29) is 24.0 Å². The SMILES string of the molecule is C[C@H](c1ccc(-n2cncn2)cc1)N(C)C(=O)C1CCN(C(=O)OC(C)(C)C)CC1. The third-order valence-electron chi connectivity index (χ3n) is 5.48. The van der Waals surface area contributed by atoms with E-state index >= 15 is 0 Å². The van der Waals surface area contributed by atoms with Gasteiger partial charge in [0.05, 0.1) is 11.7 Å². The van der Waals surface area contributed by atoms with Gasteiger partial charge in [-0.1, -0.05) is 12.1 Å². The van der Waals surface area contributed by atoms with Crippen molar-refractivity contribution in [2.24, 2.45) is 5.92 Å². The number of piperidine rings is 1. The number of hydrogen-bond donors (Lipinski definition) is 0. The van der Waals surface area contributed by atoms with Gasteiger partial charge in [0.2, 0.25) is 5.91 Å². The molecule has 2 amide bonds. The van der Waals surface area contributed by atoms with Crippen molar-refractivity contribution in [2.45, 2.75) is 52.2 Å². The van der Waals surface area contributed by atoms with Crippen LogP contribution in [0.15, 0.2) is 36.9 Å². The average Bonchev–Trinajstić information content (AvgIpc) is 3.26. The number of nitrogens with zero attached hydrogens (tertiary/aromatic N) is 5. The van der Waals surface area contributed by atoms with Crippen molar-refractivity contribution >= 4 is 12.0 Å². The van der Waals surface area contributed by atoms with Gasteiger partial charge in [0.15, 0.2) is 0 Å². The molecule has 162 valence electrons. The summed E-state index contributed by atoms with van der Waals surface area (Å²) < 4.78 is 7.13. The van der Waals surface area contributed by atoms with E-state index in [2.05, 4.69) is 10.1 Å². The first-order chi connectivity index (χ1) is 14.2. The fraction of sp³-hybridized carbons (Fsp3) is 0.545. The van der Waals surface area contributed by atoms with Crippen LogP contribution in [0.5, 0.6) is 0 Å². The molecule has 0 bridgehead atoms. The fourth-order valence-corrected chi connectivity index (χ4v) is 3.59. The predicted molar refractivity (Wildman–Crippen MR) is 113 cm³/mol. The van der Waals surface area contributed by atoms with E-state index in [1.807, 2.05) is 59.0 Å². The van der Waals surface area contributed by atoms with Crippen molar-refractivity contribution in [3.05, 3.63) is 42.5 Å². The number of aromatic nitrogens is 3. The van der Waals surface area contributed by atoms with E-state index < -0.39 is 5.60 Å². The molecule has 1 saturated heterocycles. The fourth-order valence-electron chi connectivity index (χ4n) is 3.59. The molecule has 2 aromatic rings. The highest BCUT2D eigenvalue weighted by Gasteiger charge is 2.32. The molecule has 0 unspecified atom stereocenters. The molecule has 0 saturated carbocycles. The minimum Gasteiger partial charge on any atom is -0.444 e. The zero-order chi connectivity index (χ0) is 21.9. The molecule has 1 fully saturated rings. The first-order valence-electron chi connectivity index (χ1n) is 10.4. The summed E-state index contributed by atoms with van der Waals surface area (Å²) in [6.07, 6.45) is 4.15. The van der Waals surface area contributed by atoms with E-state index in [9.17, 15) is 9.59 Å². The second kappa shape index (κ2) is 8.85. The second-order valence-corrected chi connectivity index (χ2v) is 8.80. The van der Waals surface area contributed by atoms with Crippen LogP contribution in [0.3, 0.4) is 0 Å². The molecule has 0 spiro atoms. The van der Waals surface area contributed by atoms with E-state index in [0.717, 1.165) is 11.3 Å². The Morgan fingerprint density at radius 1 is 1.17 bits per heavy atom. The highest BCUT2D eigenvalue weighted by Crippen LogP contribution is 2.26. The lowest BCUT2D eigenvalue weighted by molar-refractivity contribution is -0.137. The number of benzene rings is 1. The van der Waals surface area contributed by atoms with Gasteiger partial charge in [-0.15, -0.1) is 0 Å². The smallest absolute Gasteiger partial charge is 0.410 e. The van der Waals surface area contributed by atoms with Gasteiger partial charge in [-0.3, -0.25) is 4.79 Å². The summed E-state index contributed by atoms with van der Waals surface area (Å²) >= 11 is 0. The van der Waals surface area contributed by atoms with Crippen LogP contribution in [0.25, 0.3) is 5.69 Å². The lowest BCUT2D eigenvalue weighted by Crippen LogP contribution is -2.45. The topological polar surface area (TPSA) is 80.6 Å². The Labute approximate surface area is 177 Å². The quantitative estimate of drug-likeness (QED) is 0.767. The predicted octanol–water partition coefficient (Wildman–Crippen LogP) is 3.43. The molecule has 1 aromatic carbocycles. The minimum atomic E-state index is -0.511. The molecule has 1 atom stereocenters. The number of rotatable bonds is 4. The molecule has 0 N–H and O–H groups in total. The van der Waals surface area contributed by atoms with Crippen molar-refractivity contribution in [1.82, 2.24) is 24.6 Å². The maximum Gasteiger partial charge on any atom is 0.410 e. The van der Waals surface area contributed by atoms with Crippen LogP contribution < -0.4 is 0 Å². The molecule has 1 aromatic heterocycles. The Hall–Kier alpha value is -2.90. The van der Waals surface area contributed by atoms with Crippen molar-refractivity contribution < 1.29 is 14.3 Å². The van der Waals surface area contributed by atoms with Crippen LogP contribution in [0.2, 0.25) is 0 Å². The normalized spacial score (nSPS) is 16.2. The highest BCUT2D eigenvalue weighted by molar-refractivity contribution is 5.79. The van der Waals surface area contributed by atoms with Gasteiger partial charge < -0.3 is 14.5 Å². The van der Waals surface area contributed by atoms with Crippen molar-refractivity contribution in [1.29, 1.82) is 0 Å². The number of hydrogen-bond acceptors (Lipinski definition) is 5. The molecule has 8 heteroatoms. The standard InChI is InChI=1S/C22H31N5O3/c1-16(17-6-8-19(9-7-17)27-15-23-14-24-27)25(5)20(28)18-10-12-26(13-11-18)21(29)30-22(2,3)4/h6-9,14-16,18H,10-13H2,1-5H3/t16-/m1/s1. The van der Waals surface area contributed by atoms with Crippen molar-refractivity contribution in [3.63, 3.8) is 0 Å². The molecule has 0 aliphatic carbocycles. The van der Waals surface area contributed by atoms with Gasteiger partial charge in [0.25, 0.3) is 0 Å². The molecule has 0 radical (unpaired) electrons. The summed E-state index contributed by atoms with van der Waals surface area (Å²) in [6.45, 7) is 8.68. The van der Waals surface area contributed by atoms with E-state index in [1.54, 1.807) is 20.8 Å². The summed E-state index contributed by atoms with van der Waals surface area (Å²) in [4.78, 5) is 32.7. The molecular formula is C22H31N5O3. The van der Waals surface area contributed by atoms with Gasteiger partial charge in [0.1, 0.15) is 18.3 Å². The first-order valence-corrected chi connectivity index (χ1v) is 10.4. The molecule has 8 nitrogen and oxygen atoms in total. The summed E-state index contributed by atoms with van der Waals surface area (Å²) in [5.74, 6) is 0.0391. The number of ether oxygens (including phenoxy) is 1. The number of carbonyl (C=O) groups is 2. The second-order valence-electron chi connectivity index (χ2n) is 8.80. The van der Waals surface area contributed by atoms with Gasteiger partial charge in [0, 0.05) is 26.1 Å². The highest BCUT2D eigenvalue weighted by atomic mass is 16.6. The Balaban J connectivity index is 1.56. The number of amides is 2. The van der Waals surface area contributed by atoms with Crippen LogP contribution in [-0.2, 0) is 9.53 Å². The monoisotopic (exact) mass is 413 g/mol. The third kappa shape index (κ3) is 5.17. The summed E-state index contributed by atoms with van der Waals surface area (Å²) in [7, 11) is 1.85. The minimum absolute atomic E-state index is 0.0498. The zero-order valence-corrected chi connectivity index (χ0v) is 18.4. The Kier molecular flexibility index (Phi) is 6.43. The van der Waals surface area contributed by atoms with Crippen molar-refractivity contribution in [3.8, 4) is 5.69 Å². The van der Waals surface area contributed by atoms with E-state index in [4.69, 9.17) is 4.74 Å². The maximum absolute atomic E-state index is 13.0. The zero-order valence-electron chi connectivity index (χ0n) is 18.4. The van der Waals surface area contributed by atoms with Crippen molar-refractivity contribution in [2.75, 3.05) is 20.1 Å². The lowest BCUT2D eigenvalue weighted by atomic mass is 9.94. The van der Waals surface area contributed by atoms with Gasteiger partial charge in [-0.05, 0) is 58.2 Å². The summed E-state index contributed by atoms with van der Waals surface area (Å²) in [5, 5.41) is 4.13. The number of carbonyl (C=O) groups excluding carboxylic acids is 2. The Morgan fingerprint density at radius 3 is 2.33 bits per heavy atom. The third-order valence-corrected chi connectivity index (χ3v) is 5.48. The molecule has 3 rings (SSSR count). The van der Waals surface area contributed by atoms with Crippen LogP contribution in [-0.4, -0.2) is 62.3 Å². The lowest BCUT2D eigenvalue weighted by Gasteiger charge is -2.35. The van der Waals surface area contributed by atoms with Crippen LogP contribution in [0.1, 0.15) is 52.1 Å².